The summed E-state index contributed by atoms with van der Waals surface area (Å²) < 4.78 is 8.02. The molecule has 0 aliphatic heterocycles. The van der Waals surface area contributed by atoms with Gasteiger partial charge in [0.2, 0.25) is 0 Å². The molecule has 0 rings (SSSR count). The smallest absolute Gasteiger partial charge is 0.185 e. The van der Waals surface area contributed by atoms with Crippen LogP contribution in [0, 0.1) is 47.3 Å². The Labute approximate surface area is 228 Å². The van der Waals surface area contributed by atoms with Gasteiger partial charge in [-0.1, -0.05) is 111 Å². The summed E-state index contributed by atoms with van der Waals surface area (Å²) in [4.78, 5) is 5.12. The van der Waals surface area contributed by atoms with Crippen molar-refractivity contribution >= 4 is 7.51 Å². The van der Waals surface area contributed by atoms with Crippen LogP contribution in [0.25, 0.3) is 0 Å². The highest BCUT2D eigenvalue weighted by Crippen LogP contribution is 2.70. The molecule has 0 radical (unpaired) electrons. The second-order valence-electron chi connectivity index (χ2n) is 14.1. The lowest BCUT2D eigenvalue weighted by molar-refractivity contribution is -0.105. The Kier molecular flexibility index (Phi) is 13.4. The third-order valence-electron chi connectivity index (χ3n) is 9.46. The zero-order valence-corrected chi connectivity index (χ0v) is 28.9. The first-order valence-electron chi connectivity index (χ1n) is 14.7. The molecule has 1 atom stereocenters. The Morgan fingerprint density at radius 3 is 0.917 bits per heavy atom. The minimum atomic E-state index is -2.58. The molecule has 0 saturated carbocycles. The van der Waals surface area contributed by atoms with Crippen LogP contribution in [0.2, 0.25) is 0 Å². The SMILES string of the molecule is CC(C)C(C(C)C)N(C)P(=NN)(N(C)C)N(C(C(C)C)(C(C)C)C(C)C)C(C(C)C)(C(C)C)C(C)C. The monoisotopic (exact) mass is 530 g/mol. The summed E-state index contributed by atoms with van der Waals surface area (Å²) in [5.74, 6) is 10.3. The first kappa shape index (κ1) is 36.1. The lowest BCUT2D eigenvalue weighted by atomic mass is 9.62. The van der Waals surface area contributed by atoms with E-state index in [9.17, 15) is 0 Å². The number of hydrogen-bond donors (Lipinski definition) is 1. The van der Waals surface area contributed by atoms with Gasteiger partial charge in [-0.25, -0.2) is 15.2 Å². The van der Waals surface area contributed by atoms with Crippen LogP contribution in [0.15, 0.2) is 4.85 Å². The molecule has 0 bridgehead atoms. The Balaban J connectivity index is 8.55. The van der Waals surface area contributed by atoms with E-state index < -0.39 is 7.51 Å². The maximum Gasteiger partial charge on any atom is 0.185 e. The molecule has 0 aromatic carbocycles. The van der Waals surface area contributed by atoms with Crippen LogP contribution in [0.1, 0.15) is 111 Å². The number of hydrogen-bond acceptors (Lipinski definition) is 1. The largest absolute Gasteiger partial charge is 0.251 e. The van der Waals surface area contributed by atoms with Crippen molar-refractivity contribution in [3.8, 4) is 0 Å². The van der Waals surface area contributed by atoms with Crippen LogP contribution < -0.4 is 5.84 Å². The van der Waals surface area contributed by atoms with E-state index >= 15 is 0 Å². The third kappa shape index (κ3) is 5.67. The lowest BCUT2D eigenvalue weighted by Crippen LogP contribution is -2.73. The van der Waals surface area contributed by atoms with Crippen LogP contribution in [0.4, 0.5) is 0 Å². The van der Waals surface area contributed by atoms with Gasteiger partial charge < -0.3 is 0 Å². The molecule has 0 aromatic rings. The Bertz CT molecular complexity index is 623. The molecule has 0 spiro atoms. The number of nitrogens with zero attached hydrogens (tertiary/aromatic N) is 4. The second-order valence-corrected chi connectivity index (χ2v) is 17.2. The van der Waals surface area contributed by atoms with Crippen molar-refractivity contribution in [3.05, 3.63) is 0 Å². The predicted molar refractivity (Wildman–Crippen MR) is 165 cm³/mol. The van der Waals surface area contributed by atoms with Crippen LogP contribution in [0.5, 0.6) is 0 Å². The molecule has 36 heavy (non-hydrogen) atoms. The van der Waals surface area contributed by atoms with Crippen molar-refractivity contribution in [1.29, 1.82) is 0 Å². The minimum absolute atomic E-state index is 0.119. The normalized spacial score (nSPS) is 16.2. The van der Waals surface area contributed by atoms with Gasteiger partial charge in [0.1, 0.15) is 0 Å². The van der Waals surface area contributed by atoms with Crippen molar-refractivity contribution in [1.82, 2.24) is 14.0 Å². The zero-order valence-electron chi connectivity index (χ0n) is 28.0. The molecule has 1 unspecified atom stereocenters. The van der Waals surface area contributed by atoms with Crippen LogP contribution >= 0.6 is 7.51 Å². The van der Waals surface area contributed by atoms with E-state index in [2.05, 4.69) is 146 Å². The van der Waals surface area contributed by atoms with E-state index in [4.69, 9.17) is 10.7 Å². The highest BCUT2D eigenvalue weighted by atomic mass is 31.2. The fourth-order valence-electron chi connectivity index (χ4n) is 8.92. The van der Waals surface area contributed by atoms with Gasteiger partial charge in [0, 0.05) is 17.1 Å². The van der Waals surface area contributed by atoms with Gasteiger partial charge in [-0.2, -0.15) is 4.85 Å². The highest BCUT2D eigenvalue weighted by Gasteiger charge is 2.63. The van der Waals surface area contributed by atoms with Gasteiger partial charge in [-0.15, -0.1) is 0 Å². The average Bonchev–Trinajstić information content (AvgIpc) is 2.66. The standard InChI is InChI=1S/C30H68N5P/c1-20(2)28(21(3)4)34(19)36(32-31,33(17)18)35(29(22(5)6,23(7)8)24(9)10)30(25(11)12,26(13)14)27(15)16/h20-28H,31H2,1-19H3. The molecule has 0 aliphatic rings. The first-order valence-corrected chi connectivity index (χ1v) is 16.3. The molecular weight excluding hydrogens is 461 g/mol. The third-order valence-corrected chi connectivity index (χ3v) is 13.2. The highest BCUT2D eigenvalue weighted by molar-refractivity contribution is 7.59. The summed E-state index contributed by atoms with van der Waals surface area (Å²) in [5, 5.41) is 0. The van der Waals surface area contributed by atoms with Crippen LogP contribution in [0.3, 0.4) is 0 Å². The molecule has 0 aliphatic carbocycles. The van der Waals surface area contributed by atoms with Gasteiger partial charge in [0.05, 0.1) is 0 Å². The van der Waals surface area contributed by atoms with Gasteiger partial charge in [-0.05, 0) is 68.5 Å². The zero-order chi connectivity index (χ0) is 29.1. The molecule has 218 valence electrons. The summed E-state index contributed by atoms with van der Waals surface area (Å²) >= 11 is 0. The van der Waals surface area contributed by atoms with Gasteiger partial charge in [0.15, 0.2) is 7.51 Å². The van der Waals surface area contributed by atoms with Gasteiger partial charge in [-0.3, -0.25) is 4.67 Å². The summed E-state index contributed by atoms with van der Waals surface area (Å²) in [6, 6.07) is 0.351. The van der Waals surface area contributed by atoms with E-state index in [0.717, 1.165) is 0 Å². The van der Waals surface area contributed by atoms with Crippen molar-refractivity contribution in [2.45, 2.75) is 128 Å². The van der Waals surface area contributed by atoms with E-state index in [1.165, 1.54) is 0 Å². The van der Waals surface area contributed by atoms with Crippen molar-refractivity contribution in [3.63, 3.8) is 0 Å². The Morgan fingerprint density at radius 2 is 0.778 bits per heavy atom. The van der Waals surface area contributed by atoms with Gasteiger partial charge in [0.25, 0.3) is 0 Å². The molecule has 0 amide bonds. The summed E-state index contributed by atoms with van der Waals surface area (Å²) in [6.07, 6.45) is 0. The fourth-order valence-corrected chi connectivity index (χ4v) is 13.8. The van der Waals surface area contributed by atoms with Crippen molar-refractivity contribution < 1.29 is 0 Å². The first-order chi connectivity index (χ1) is 16.2. The Morgan fingerprint density at radius 1 is 0.528 bits per heavy atom. The Hall–Kier alpha value is 0.0700. The van der Waals surface area contributed by atoms with Crippen molar-refractivity contribution in [2.75, 3.05) is 21.1 Å². The topological polar surface area (TPSA) is 48.1 Å². The molecule has 0 aromatic heterocycles. The molecule has 0 saturated heterocycles. The number of nitrogens with two attached hydrogens (primary N) is 1. The lowest BCUT2D eigenvalue weighted by Gasteiger charge is -2.69. The maximum absolute atomic E-state index is 6.79. The molecule has 0 heterocycles. The predicted octanol–water partition coefficient (Wildman–Crippen LogP) is 8.70. The fraction of sp³-hybridized carbons (Fsp3) is 1.00. The summed E-state index contributed by atoms with van der Waals surface area (Å²) in [6.45, 7) is 38.6. The molecule has 6 heteroatoms. The molecule has 5 nitrogen and oxygen atoms in total. The molecular formula is C30H68N5P. The van der Waals surface area contributed by atoms with E-state index in [0.29, 0.717) is 53.4 Å². The summed E-state index contributed by atoms with van der Waals surface area (Å²) in [7, 11) is 4.19. The van der Waals surface area contributed by atoms with Gasteiger partial charge >= 0.3 is 0 Å². The average molecular weight is 530 g/mol. The quantitative estimate of drug-likeness (QED) is 0.139. The summed E-state index contributed by atoms with van der Waals surface area (Å²) in [5.41, 5.74) is -0.237. The maximum atomic E-state index is 6.79. The van der Waals surface area contributed by atoms with Crippen LogP contribution in [-0.2, 0) is 0 Å². The molecule has 2 N–H and O–H groups in total. The second kappa shape index (κ2) is 13.4. The number of rotatable bonds is 14. The van der Waals surface area contributed by atoms with Crippen LogP contribution in [-0.4, -0.2) is 52.3 Å². The van der Waals surface area contributed by atoms with E-state index in [1.807, 2.05) is 0 Å². The van der Waals surface area contributed by atoms with E-state index in [1.54, 1.807) is 0 Å². The van der Waals surface area contributed by atoms with Crippen molar-refractivity contribution in [2.24, 2.45) is 58.0 Å². The van der Waals surface area contributed by atoms with E-state index in [-0.39, 0.29) is 11.1 Å². The minimum Gasteiger partial charge on any atom is -0.251 e. The molecule has 0 fully saturated rings.